The predicted octanol–water partition coefficient (Wildman–Crippen LogP) is 2.71. The summed E-state index contributed by atoms with van der Waals surface area (Å²) in [5.74, 6) is 0.724. The third-order valence-electron chi connectivity index (χ3n) is 3.51. The van der Waals surface area contributed by atoms with Crippen LogP contribution in [-0.2, 0) is 11.4 Å². The van der Waals surface area contributed by atoms with E-state index in [2.05, 4.69) is 10.3 Å². The molecule has 5 heteroatoms. The van der Waals surface area contributed by atoms with Gasteiger partial charge in [0.15, 0.2) is 0 Å². The highest BCUT2D eigenvalue weighted by Crippen LogP contribution is 2.24. The van der Waals surface area contributed by atoms with Crippen LogP contribution in [0.1, 0.15) is 30.4 Å². The maximum absolute atomic E-state index is 12.2. The van der Waals surface area contributed by atoms with Crippen molar-refractivity contribution in [1.82, 2.24) is 4.98 Å². The molecule has 1 heterocycles. The number of benzene rings is 1. The summed E-state index contributed by atoms with van der Waals surface area (Å²) in [5, 5.41) is 12.1. The second-order valence-electron chi connectivity index (χ2n) is 5.12. The summed E-state index contributed by atoms with van der Waals surface area (Å²) < 4.78 is 5.20. The lowest BCUT2D eigenvalue weighted by molar-refractivity contribution is -0.116. The maximum Gasteiger partial charge on any atom is 0.225 e. The smallest absolute Gasteiger partial charge is 0.225 e. The summed E-state index contributed by atoms with van der Waals surface area (Å²) in [6.07, 6.45) is 3.46. The van der Waals surface area contributed by atoms with E-state index in [-0.39, 0.29) is 18.4 Å². The monoisotopic (exact) mass is 300 g/mol. The second-order valence-corrected chi connectivity index (χ2v) is 5.12. The molecule has 0 spiro atoms. The van der Waals surface area contributed by atoms with Gasteiger partial charge in [0.1, 0.15) is 5.75 Å². The highest BCUT2D eigenvalue weighted by Gasteiger charge is 2.13. The number of aliphatic hydroxyl groups excluding tert-OH is 1. The molecule has 1 aromatic heterocycles. The number of ether oxygens (including phenoxy) is 1. The Labute approximate surface area is 130 Å². The highest BCUT2D eigenvalue weighted by atomic mass is 16.5. The van der Waals surface area contributed by atoms with E-state index in [4.69, 9.17) is 4.74 Å². The van der Waals surface area contributed by atoms with Gasteiger partial charge in [0, 0.05) is 18.2 Å². The number of nitrogens with zero attached hydrogens (tertiary/aromatic N) is 1. The van der Waals surface area contributed by atoms with Crippen LogP contribution in [-0.4, -0.2) is 23.1 Å². The predicted molar refractivity (Wildman–Crippen MR) is 84.8 cm³/mol. The molecule has 0 saturated heterocycles. The summed E-state index contributed by atoms with van der Waals surface area (Å²) in [6, 6.07) is 9.37. The largest absolute Gasteiger partial charge is 0.497 e. The molecule has 0 aliphatic carbocycles. The first-order valence-electron chi connectivity index (χ1n) is 7.11. The number of aliphatic hydroxyl groups is 1. The third kappa shape index (κ3) is 4.05. The lowest BCUT2D eigenvalue weighted by atomic mass is 9.97. The van der Waals surface area contributed by atoms with Crippen LogP contribution in [0.2, 0.25) is 0 Å². The molecular formula is C17H20N2O3. The molecule has 0 bridgehead atoms. The fourth-order valence-electron chi connectivity index (χ4n) is 2.22. The van der Waals surface area contributed by atoms with Crippen LogP contribution in [0.25, 0.3) is 0 Å². The molecule has 0 aliphatic heterocycles. The van der Waals surface area contributed by atoms with Crippen molar-refractivity contribution in [2.45, 2.75) is 25.9 Å². The Kier molecular flexibility index (Phi) is 5.49. The van der Waals surface area contributed by atoms with Crippen molar-refractivity contribution in [2.24, 2.45) is 0 Å². The molecule has 5 nitrogen and oxygen atoms in total. The first kappa shape index (κ1) is 16.0. The number of rotatable bonds is 6. The molecule has 0 saturated carbocycles. The minimum Gasteiger partial charge on any atom is -0.497 e. The van der Waals surface area contributed by atoms with E-state index in [1.54, 1.807) is 25.6 Å². The topological polar surface area (TPSA) is 71.5 Å². The molecule has 1 aromatic carbocycles. The van der Waals surface area contributed by atoms with E-state index in [0.29, 0.717) is 17.7 Å². The number of nitrogens with one attached hydrogen (secondary N) is 1. The van der Waals surface area contributed by atoms with Crippen molar-refractivity contribution in [1.29, 1.82) is 0 Å². The van der Waals surface area contributed by atoms with Crippen LogP contribution in [0.3, 0.4) is 0 Å². The van der Waals surface area contributed by atoms with Crippen molar-refractivity contribution < 1.29 is 14.6 Å². The van der Waals surface area contributed by atoms with E-state index in [0.717, 1.165) is 11.3 Å². The number of hydrogen-bond acceptors (Lipinski definition) is 4. The van der Waals surface area contributed by atoms with E-state index < -0.39 is 0 Å². The third-order valence-corrected chi connectivity index (χ3v) is 3.51. The zero-order chi connectivity index (χ0) is 15.9. The molecule has 1 amide bonds. The molecule has 0 aliphatic rings. The first-order chi connectivity index (χ1) is 10.6. The SMILES string of the molecule is COc1cccc(C(C)CC(=O)Nc2cnccc2CO)c1. The summed E-state index contributed by atoms with van der Waals surface area (Å²) >= 11 is 0. The number of carbonyl (C=O) groups excluding carboxylic acids is 1. The van der Waals surface area contributed by atoms with Crippen molar-refractivity contribution >= 4 is 11.6 Å². The average molecular weight is 300 g/mol. The summed E-state index contributed by atoms with van der Waals surface area (Å²) in [7, 11) is 1.62. The Morgan fingerprint density at radius 2 is 2.23 bits per heavy atom. The van der Waals surface area contributed by atoms with Gasteiger partial charge in [-0.3, -0.25) is 9.78 Å². The molecule has 2 aromatic rings. The van der Waals surface area contributed by atoms with Crippen LogP contribution in [0.4, 0.5) is 5.69 Å². The van der Waals surface area contributed by atoms with Crippen LogP contribution in [0.15, 0.2) is 42.7 Å². The molecule has 2 rings (SSSR count). The number of methoxy groups -OCH3 is 1. The maximum atomic E-state index is 12.2. The highest BCUT2D eigenvalue weighted by molar-refractivity contribution is 5.91. The molecular weight excluding hydrogens is 280 g/mol. The van der Waals surface area contributed by atoms with Crippen LogP contribution < -0.4 is 10.1 Å². The van der Waals surface area contributed by atoms with Crippen molar-refractivity contribution in [3.8, 4) is 5.75 Å². The molecule has 0 fully saturated rings. The van der Waals surface area contributed by atoms with Gasteiger partial charge in [-0.15, -0.1) is 0 Å². The van der Waals surface area contributed by atoms with E-state index in [1.807, 2.05) is 31.2 Å². The van der Waals surface area contributed by atoms with Gasteiger partial charge in [0.2, 0.25) is 5.91 Å². The Morgan fingerprint density at radius 3 is 2.95 bits per heavy atom. The van der Waals surface area contributed by atoms with Crippen molar-refractivity contribution in [3.05, 3.63) is 53.9 Å². The van der Waals surface area contributed by atoms with Gasteiger partial charge < -0.3 is 15.2 Å². The Balaban J connectivity index is 2.02. The Morgan fingerprint density at radius 1 is 1.41 bits per heavy atom. The zero-order valence-electron chi connectivity index (χ0n) is 12.7. The lowest BCUT2D eigenvalue weighted by Crippen LogP contribution is -2.15. The molecule has 1 atom stereocenters. The number of anilines is 1. The molecule has 22 heavy (non-hydrogen) atoms. The van der Waals surface area contributed by atoms with Gasteiger partial charge in [-0.1, -0.05) is 19.1 Å². The number of pyridine rings is 1. The van der Waals surface area contributed by atoms with E-state index in [1.165, 1.54) is 0 Å². The number of aromatic nitrogens is 1. The fraction of sp³-hybridized carbons (Fsp3) is 0.294. The summed E-state index contributed by atoms with van der Waals surface area (Å²) in [4.78, 5) is 16.1. The number of amides is 1. The molecule has 2 N–H and O–H groups in total. The molecule has 116 valence electrons. The number of hydrogen-bond donors (Lipinski definition) is 2. The Hall–Kier alpha value is -2.40. The van der Waals surface area contributed by atoms with Gasteiger partial charge in [0.25, 0.3) is 0 Å². The molecule has 1 unspecified atom stereocenters. The fourth-order valence-corrected chi connectivity index (χ4v) is 2.22. The number of carbonyl (C=O) groups is 1. The average Bonchev–Trinajstić information content (AvgIpc) is 2.55. The van der Waals surface area contributed by atoms with Gasteiger partial charge in [-0.25, -0.2) is 0 Å². The van der Waals surface area contributed by atoms with Crippen LogP contribution in [0, 0.1) is 0 Å². The standard InChI is InChI=1S/C17H20N2O3/c1-12(13-4-3-5-15(9-13)22-2)8-17(21)19-16-10-18-7-6-14(16)11-20/h3-7,9-10,12,20H,8,11H2,1-2H3,(H,19,21). The molecule has 0 radical (unpaired) electrons. The van der Waals surface area contributed by atoms with E-state index in [9.17, 15) is 9.90 Å². The normalized spacial score (nSPS) is 11.8. The summed E-state index contributed by atoms with van der Waals surface area (Å²) in [6.45, 7) is 1.86. The Bertz CT molecular complexity index is 643. The lowest BCUT2D eigenvalue weighted by Gasteiger charge is -2.14. The van der Waals surface area contributed by atoms with Crippen molar-refractivity contribution in [2.75, 3.05) is 12.4 Å². The minimum atomic E-state index is -0.135. The second kappa shape index (κ2) is 7.56. The van der Waals surface area contributed by atoms with Gasteiger partial charge >= 0.3 is 0 Å². The summed E-state index contributed by atoms with van der Waals surface area (Å²) in [5.41, 5.74) is 2.24. The quantitative estimate of drug-likeness (QED) is 0.860. The van der Waals surface area contributed by atoms with Crippen LogP contribution in [0.5, 0.6) is 5.75 Å². The minimum absolute atomic E-state index is 0.0596. The van der Waals surface area contributed by atoms with Crippen LogP contribution >= 0.6 is 0 Å². The van der Waals surface area contributed by atoms with Gasteiger partial charge in [-0.05, 0) is 29.7 Å². The zero-order valence-corrected chi connectivity index (χ0v) is 12.7. The first-order valence-corrected chi connectivity index (χ1v) is 7.11. The van der Waals surface area contributed by atoms with E-state index >= 15 is 0 Å². The van der Waals surface area contributed by atoms with Crippen molar-refractivity contribution in [3.63, 3.8) is 0 Å². The van der Waals surface area contributed by atoms with Gasteiger partial charge in [-0.2, -0.15) is 0 Å². The van der Waals surface area contributed by atoms with Gasteiger partial charge in [0.05, 0.1) is 25.6 Å².